The normalized spacial score (nSPS) is 19.4. The molecule has 1 aliphatic rings. The Morgan fingerprint density at radius 2 is 1.77 bits per heavy atom. The molecule has 1 fully saturated rings. The summed E-state index contributed by atoms with van der Waals surface area (Å²) in [6.45, 7) is 5.79. The van der Waals surface area contributed by atoms with E-state index in [0.717, 1.165) is 11.0 Å². The van der Waals surface area contributed by atoms with E-state index in [9.17, 15) is 37.9 Å². The molecule has 2 rings (SSSR count). The van der Waals surface area contributed by atoms with Gasteiger partial charge in [0.1, 0.15) is 30.0 Å². The van der Waals surface area contributed by atoms with Gasteiger partial charge in [-0.05, 0) is 39.4 Å². The average Bonchev–Trinajstić information content (AvgIpc) is 3.46. The largest absolute Gasteiger partial charge is 0.490 e. The number of anilines is 1. The fourth-order valence-corrected chi connectivity index (χ4v) is 10.3. The van der Waals surface area contributed by atoms with Gasteiger partial charge < -0.3 is 49.0 Å². The zero-order chi connectivity index (χ0) is 42.0. The average molecular weight is 934 g/mol. The molecule has 0 aromatic carbocycles. The van der Waals surface area contributed by atoms with Crippen molar-refractivity contribution < 1.29 is 79.7 Å². The van der Waals surface area contributed by atoms with E-state index in [1.807, 2.05) is 0 Å². The van der Waals surface area contributed by atoms with Crippen LogP contribution in [0.4, 0.5) is 5.82 Å². The van der Waals surface area contributed by atoms with E-state index < -0.39 is 60.2 Å². The van der Waals surface area contributed by atoms with Gasteiger partial charge in [0.15, 0.2) is 0 Å². The van der Waals surface area contributed by atoms with Gasteiger partial charge in [-0.3, -0.25) is 18.7 Å². The SMILES string of the molecule is CSSCO[C@H]1C[C@H](n2cc(C#CCCC(=O)OCCCCOCSSC(C)(C)CCOC(C)=O)c(N)nc2=O)O[C@@H]1COP(=O)(O)OP(=O)(O)OP(=O)(O)O. The molecule has 0 bridgehead atoms. The highest BCUT2D eigenvalue weighted by atomic mass is 33.1. The van der Waals surface area contributed by atoms with Gasteiger partial charge in [-0.25, -0.2) is 18.5 Å². The van der Waals surface area contributed by atoms with Gasteiger partial charge in [0, 0.05) is 37.3 Å². The van der Waals surface area contributed by atoms with Crippen LogP contribution >= 0.6 is 66.6 Å². The Labute approximate surface area is 339 Å². The van der Waals surface area contributed by atoms with Crippen molar-refractivity contribution in [3.8, 4) is 11.8 Å². The number of rotatable bonds is 26. The summed E-state index contributed by atoms with van der Waals surface area (Å²) in [6, 6.07) is 0. The van der Waals surface area contributed by atoms with Crippen molar-refractivity contribution in [2.24, 2.45) is 0 Å². The molecule has 1 saturated heterocycles. The number of phosphoric ester groups is 1. The summed E-state index contributed by atoms with van der Waals surface area (Å²) < 4.78 is 75.5. The number of unbranched alkanes of at least 4 members (excludes halogenated alkanes) is 1. The summed E-state index contributed by atoms with van der Waals surface area (Å²) in [5.74, 6) is 5.23. The van der Waals surface area contributed by atoms with Crippen molar-refractivity contribution in [1.82, 2.24) is 9.55 Å². The van der Waals surface area contributed by atoms with Gasteiger partial charge in [0.25, 0.3) is 0 Å². The summed E-state index contributed by atoms with van der Waals surface area (Å²) >= 11 is 0. The fraction of sp³-hybridized carbons (Fsp3) is 0.714. The quantitative estimate of drug-likeness (QED) is 0.0215. The maximum Gasteiger partial charge on any atom is 0.490 e. The molecule has 0 aliphatic carbocycles. The topological polar surface area (TPSA) is 301 Å². The lowest BCUT2D eigenvalue weighted by Gasteiger charge is -2.22. The van der Waals surface area contributed by atoms with Crippen LogP contribution in [0.2, 0.25) is 0 Å². The first-order valence-corrected chi connectivity index (χ1v) is 25.9. The van der Waals surface area contributed by atoms with E-state index in [1.165, 1.54) is 34.7 Å². The summed E-state index contributed by atoms with van der Waals surface area (Å²) in [7, 11) is -10.9. The van der Waals surface area contributed by atoms with Crippen LogP contribution in [0.25, 0.3) is 0 Å². The van der Waals surface area contributed by atoms with Gasteiger partial charge in [-0.1, -0.05) is 55.0 Å². The van der Waals surface area contributed by atoms with Crippen molar-refractivity contribution >= 4 is 84.4 Å². The van der Waals surface area contributed by atoms with E-state index in [2.05, 4.69) is 39.3 Å². The minimum atomic E-state index is -5.75. The molecule has 6 N–H and O–H groups in total. The predicted octanol–water partition coefficient (Wildman–Crippen LogP) is 4.35. The van der Waals surface area contributed by atoms with E-state index in [4.69, 9.17) is 43.7 Å². The highest BCUT2D eigenvalue weighted by Gasteiger charge is 2.43. The Balaban J connectivity index is 1.86. The number of aromatic nitrogens is 2. The molecule has 320 valence electrons. The van der Waals surface area contributed by atoms with Crippen molar-refractivity contribution in [3.05, 3.63) is 22.2 Å². The third-order valence-electron chi connectivity index (χ3n) is 6.79. The zero-order valence-electron chi connectivity index (χ0n) is 30.7. The maximum absolute atomic E-state index is 12.8. The number of nitrogen functional groups attached to an aromatic ring is 1. The van der Waals surface area contributed by atoms with Gasteiger partial charge in [-0.2, -0.15) is 13.6 Å². The standard InChI is InChI=1S/C28H46N3O18P3S4/c1-20(32)43-14-11-28(2,3)56-55-18-42-12-7-8-13-44-25(33)10-6-5-9-21-16-31(27(34)30-26(21)29)24-15-22(45-19-54-53-4)23(47-24)17-46-51(38,39)49-52(40,41)48-50(35,36)37/h16,22-24H,6-8,10-15,17-19H2,1-4H3,(H,38,39)(H,40,41)(H2,29,30,34)(H2,35,36,37)/t22-,23+,24+/m0/s1. The molecule has 1 aromatic heterocycles. The molecule has 0 saturated carbocycles. The Kier molecular flexibility index (Phi) is 22.6. The van der Waals surface area contributed by atoms with Crippen LogP contribution in [0.3, 0.4) is 0 Å². The van der Waals surface area contributed by atoms with E-state index in [-0.39, 0.29) is 53.9 Å². The van der Waals surface area contributed by atoms with Crippen molar-refractivity contribution in [2.45, 2.75) is 82.5 Å². The highest BCUT2D eigenvalue weighted by Crippen LogP contribution is 2.66. The molecule has 0 spiro atoms. The van der Waals surface area contributed by atoms with Crippen LogP contribution < -0.4 is 11.4 Å². The molecule has 0 amide bonds. The van der Waals surface area contributed by atoms with E-state index in [0.29, 0.717) is 32.0 Å². The van der Waals surface area contributed by atoms with Crippen molar-refractivity contribution in [1.29, 1.82) is 0 Å². The number of hydrogen-bond acceptors (Lipinski definition) is 20. The molecule has 28 heteroatoms. The fourth-order valence-electron chi connectivity index (χ4n) is 4.26. The first-order chi connectivity index (χ1) is 26.1. The van der Waals surface area contributed by atoms with Crippen LogP contribution in [0, 0.1) is 11.8 Å². The molecule has 0 radical (unpaired) electrons. The predicted molar refractivity (Wildman–Crippen MR) is 210 cm³/mol. The second kappa shape index (κ2) is 24.8. The van der Waals surface area contributed by atoms with Gasteiger partial charge in [0.05, 0.1) is 37.9 Å². The zero-order valence-corrected chi connectivity index (χ0v) is 36.7. The van der Waals surface area contributed by atoms with Crippen LogP contribution in [0.15, 0.2) is 11.0 Å². The first kappa shape index (κ1) is 51.0. The lowest BCUT2D eigenvalue weighted by molar-refractivity contribution is -0.144. The van der Waals surface area contributed by atoms with Crippen LogP contribution in [-0.4, -0.2) is 103 Å². The van der Waals surface area contributed by atoms with Gasteiger partial charge in [0.2, 0.25) is 0 Å². The maximum atomic E-state index is 12.8. The third kappa shape index (κ3) is 21.8. The number of hydrogen-bond donors (Lipinski definition) is 5. The lowest BCUT2D eigenvalue weighted by Crippen LogP contribution is -2.29. The number of ether oxygens (including phenoxy) is 5. The Bertz CT molecular complexity index is 1710. The molecule has 56 heavy (non-hydrogen) atoms. The monoisotopic (exact) mass is 933 g/mol. The van der Waals surface area contributed by atoms with Crippen LogP contribution in [0.1, 0.15) is 71.1 Å². The number of esters is 2. The number of phosphoric acid groups is 3. The Morgan fingerprint density at radius 1 is 1.05 bits per heavy atom. The lowest BCUT2D eigenvalue weighted by atomic mass is 10.1. The molecule has 5 atom stereocenters. The second-order valence-corrected chi connectivity index (χ2v) is 21.8. The van der Waals surface area contributed by atoms with Gasteiger partial charge in [-0.15, -0.1) is 0 Å². The molecule has 2 heterocycles. The first-order valence-electron chi connectivity index (χ1n) is 16.4. The molecule has 21 nitrogen and oxygen atoms in total. The summed E-state index contributed by atoms with van der Waals surface area (Å²) in [4.78, 5) is 76.4. The number of nitrogens with two attached hydrogens (primary N) is 1. The summed E-state index contributed by atoms with van der Waals surface area (Å²) in [5, 5.41) is 0. The highest BCUT2D eigenvalue weighted by molar-refractivity contribution is 8.77. The van der Waals surface area contributed by atoms with Gasteiger partial charge >= 0.3 is 41.1 Å². The van der Waals surface area contributed by atoms with E-state index in [1.54, 1.807) is 27.8 Å². The molecule has 1 aromatic rings. The summed E-state index contributed by atoms with van der Waals surface area (Å²) in [6.07, 6.45) is 2.08. The third-order valence-corrected chi connectivity index (χ3v) is 15.1. The minimum Gasteiger partial charge on any atom is -0.466 e. The number of nitrogens with zero attached hydrogens (tertiary/aromatic N) is 2. The van der Waals surface area contributed by atoms with Crippen molar-refractivity contribution in [2.75, 3.05) is 50.3 Å². The Hall–Kier alpha value is -1.13. The molecular formula is C28H46N3O18P3S4. The van der Waals surface area contributed by atoms with E-state index >= 15 is 0 Å². The summed E-state index contributed by atoms with van der Waals surface area (Å²) in [5.41, 5.74) is 5.23. The Morgan fingerprint density at radius 3 is 2.45 bits per heavy atom. The van der Waals surface area contributed by atoms with Crippen LogP contribution in [-0.2, 0) is 60.1 Å². The smallest absolute Gasteiger partial charge is 0.466 e. The van der Waals surface area contributed by atoms with Crippen LogP contribution in [0.5, 0.6) is 0 Å². The molecule has 1 aliphatic heterocycles. The second-order valence-electron chi connectivity index (χ2n) is 11.9. The molecular weight excluding hydrogens is 888 g/mol. The van der Waals surface area contributed by atoms with Crippen molar-refractivity contribution in [3.63, 3.8) is 0 Å². The number of carbonyl (C=O) groups excluding carboxylic acids is 2. The number of carbonyl (C=O) groups is 2. The molecule has 2 unspecified atom stereocenters. The minimum absolute atomic E-state index is 0.00628.